The van der Waals surface area contributed by atoms with Crippen LogP contribution in [0.25, 0.3) is 0 Å². The molecule has 0 fully saturated rings. The molecule has 18 heavy (non-hydrogen) atoms. The molecule has 94 valence electrons. The maximum absolute atomic E-state index is 13.3. The van der Waals surface area contributed by atoms with Crippen molar-refractivity contribution in [3.63, 3.8) is 0 Å². The number of nitrogens with zero attached hydrogens (tertiary/aromatic N) is 1. The molecule has 0 aliphatic heterocycles. The summed E-state index contributed by atoms with van der Waals surface area (Å²) in [6.45, 7) is 0. The first-order valence-electron chi connectivity index (χ1n) is 5.51. The largest absolute Gasteiger partial charge is 0.271 e. The standard InChI is InChI=1S/C13H13BrFN3/c14-12-5-4-9(15)7-11(12)13(18-16)8-10-3-1-2-6-17-10/h1-7,13,18H,8,16H2. The number of hydrogen-bond donors (Lipinski definition) is 2. The number of benzene rings is 1. The number of rotatable bonds is 4. The minimum Gasteiger partial charge on any atom is -0.271 e. The molecule has 2 aromatic rings. The highest BCUT2D eigenvalue weighted by Gasteiger charge is 2.15. The van der Waals surface area contributed by atoms with E-state index in [1.807, 2.05) is 18.2 Å². The van der Waals surface area contributed by atoms with E-state index in [2.05, 4.69) is 26.3 Å². The van der Waals surface area contributed by atoms with Crippen LogP contribution in [0.4, 0.5) is 4.39 Å². The molecule has 1 heterocycles. The predicted molar refractivity (Wildman–Crippen MR) is 72.1 cm³/mol. The van der Waals surface area contributed by atoms with E-state index in [4.69, 9.17) is 5.84 Å². The van der Waals surface area contributed by atoms with Gasteiger partial charge in [-0.2, -0.15) is 0 Å². The highest BCUT2D eigenvalue weighted by atomic mass is 79.9. The highest BCUT2D eigenvalue weighted by molar-refractivity contribution is 9.10. The van der Waals surface area contributed by atoms with Crippen molar-refractivity contribution < 1.29 is 4.39 Å². The first kappa shape index (κ1) is 13.1. The summed E-state index contributed by atoms with van der Waals surface area (Å²) in [6.07, 6.45) is 2.32. The summed E-state index contributed by atoms with van der Waals surface area (Å²) in [4.78, 5) is 4.24. The van der Waals surface area contributed by atoms with Crippen molar-refractivity contribution in [3.8, 4) is 0 Å². The van der Waals surface area contributed by atoms with E-state index < -0.39 is 0 Å². The molecule has 0 radical (unpaired) electrons. The number of nitrogens with one attached hydrogen (secondary N) is 1. The number of halogens is 2. The second-order valence-corrected chi connectivity index (χ2v) is 4.76. The van der Waals surface area contributed by atoms with Gasteiger partial charge in [0.15, 0.2) is 0 Å². The Hall–Kier alpha value is -1.30. The van der Waals surface area contributed by atoms with Crippen LogP contribution in [0, 0.1) is 5.82 Å². The van der Waals surface area contributed by atoms with Crippen LogP contribution in [-0.2, 0) is 6.42 Å². The predicted octanol–water partition coefficient (Wildman–Crippen LogP) is 2.73. The minimum absolute atomic E-state index is 0.190. The van der Waals surface area contributed by atoms with Crippen LogP contribution in [0.1, 0.15) is 17.3 Å². The molecule has 0 amide bonds. The Labute approximate surface area is 113 Å². The summed E-state index contributed by atoms with van der Waals surface area (Å²) in [6, 6.07) is 10.0. The molecule has 5 heteroatoms. The Morgan fingerprint density at radius 3 is 2.83 bits per heavy atom. The minimum atomic E-state index is -0.283. The molecule has 1 atom stereocenters. The number of nitrogens with two attached hydrogens (primary N) is 1. The summed E-state index contributed by atoms with van der Waals surface area (Å²) in [5.74, 6) is 5.27. The van der Waals surface area contributed by atoms with E-state index in [1.165, 1.54) is 12.1 Å². The number of aromatic nitrogens is 1. The van der Waals surface area contributed by atoms with Crippen molar-refractivity contribution in [3.05, 3.63) is 64.1 Å². The zero-order valence-electron chi connectivity index (χ0n) is 9.61. The lowest BCUT2D eigenvalue weighted by Crippen LogP contribution is -2.30. The van der Waals surface area contributed by atoms with E-state index in [9.17, 15) is 4.39 Å². The lowest BCUT2D eigenvalue weighted by Gasteiger charge is -2.17. The molecule has 0 saturated heterocycles. The van der Waals surface area contributed by atoms with E-state index in [1.54, 1.807) is 12.3 Å². The second kappa shape index (κ2) is 6.04. The average molecular weight is 310 g/mol. The van der Waals surface area contributed by atoms with Gasteiger partial charge in [-0.25, -0.2) is 4.39 Å². The van der Waals surface area contributed by atoms with Crippen LogP contribution in [0.15, 0.2) is 47.1 Å². The van der Waals surface area contributed by atoms with E-state index in [-0.39, 0.29) is 11.9 Å². The van der Waals surface area contributed by atoms with Crippen molar-refractivity contribution in [2.75, 3.05) is 0 Å². The van der Waals surface area contributed by atoms with Gasteiger partial charge in [0, 0.05) is 22.8 Å². The summed E-state index contributed by atoms with van der Waals surface area (Å²) in [5.41, 5.74) is 4.38. The molecule has 0 aliphatic carbocycles. The van der Waals surface area contributed by atoms with Crippen molar-refractivity contribution in [2.24, 2.45) is 5.84 Å². The fourth-order valence-electron chi connectivity index (χ4n) is 1.77. The van der Waals surface area contributed by atoms with Crippen LogP contribution in [-0.4, -0.2) is 4.98 Å². The number of hydrogen-bond acceptors (Lipinski definition) is 3. The van der Waals surface area contributed by atoms with E-state index >= 15 is 0 Å². The third-order valence-corrected chi connectivity index (χ3v) is 3.40. The molecule has 0 bridgehead atoms. The monoisotopic (exact) mass is 309 g/mol. The molecule has 0 aliphatic rings. The normalized spacial score (nSPS) is 12.4. The number of hydrazine groups is 1. The molecule has 2 rings (SSSR count). The Kier molecular flexibility index (Phi) is 4.41. The maximum Gasteiger partial charge on any atom is 0.123 e. The van der Waals surface area contributed by atoms with Crippen LogP contribution in [0.2, 0.25) is 0 Å². The highest BCUT2D eigenvalue weighted by Crippen LogP contribution is 2.26. The van der Waals surface area contributed by atoms with Crippen LogP contribution in [0.3, 0.4) is 0 Å². The molecule has 3 N–H and O–H groups in total. The first-order valence-corrected chi connectivity index (χ1v) is 6.31. The quantitative estimate of drug-likeness (QED) is 0.674. The SMILES string of the molecule is NNC(Cc1ccccn1)c1cc(F)ccc1Br. The maximum atomic E-state index is 13.3. The van der Waals surface area contributed by atoms with Gasteiger partial charge in [0.1, 0.15) is 5.82 Å². The van der Waals surface area contributed by atoms with Gasteiger partial charge >= 0.3 is 0 Å². The van der Waals surface area contributed by atoms with Crippen LogP contribution < -0.4 is 11.3 Å². The van der Waals surface area contributed by atoms with Crippen molar-refractivity contribution in [1.29, 1.82) is 0 Å². The average Bonchev–Trinajstić information content (AvgIpc) is 2.40. The number of pyridine rings is 1. The molecular formula is C13H13BrFN3. The zero-order chi connectivity index (χ0) is 13.0. The topological polar surface area (TPSA) is 50.9 Å². The van der Waals surface area contributed by atoms with Gasteiger partial charge in [0.05, 0.1) is 6.04 Å². The lowest BCUT2D eigenvalue weighted by molar-refractivity contribution is 0.537. The Bertz CT molecular complexity index is 519. The lowest BCUT2D eigenvalue weighted by atomic mass is 10.0. The van der Waals surface area contributed by atoms with Gasteiger partial charge in [-0.05, 0) is 35.9 Å². The van der Waals surface area contributed by atoms with Crippen LogP contribution in [0.5, 0.6) is 0 Å². The summed E-state index contributed by atoms with van der Waals surface area (Å²) >= 11 is 3.40. The first-order chi connectivity index (χ1) is 8.70. The third kappa shape index (κ3) is 3.13. The summed E-state index contributed by atoms with van der Waals surface area (Å²) in [7, 11) is 0. The Morgan fingerprint density at radius 1 is 1.33 bits per heavy atom. The van der Waals surface area contributed by atoms with E-state index in [0.717, 1.165) is 15.7 Å². The van der Waals surface area contributed by atoms with Gasteiger partial charge in [0.25, 0.3) is 0 Å². The van der Waals surface area contributed by atoms with Gasteiger partial charge < -0.3 is 0 Å². The van der Waals surface area contributed by atoms with Gasteiger partial charge in [-0.15, -0.1) is 0 Å². The van der Waals surface area contributed by atoms with Gasteiger partial charge in [-0.3, -0.25) is 16.3 Å². The Morgan fingerprint density at radius 2 is 2.17 bits per heavy atom. The molecule has 1 aromatic carbocycles. The van der Waals surface area contributed by atoms with Gasteiger partial charge in [0.2, 0.25) is 0 Å². The van der Waals surface area contributed by atoms with E-state index in [0.29, 0.717) is 6.42 Å². The Balaban J connectivity index is 2.26. The van der Waals surface area contributed by atoms with Crippen molar-refractivity contribution >= 4 is 15.9 Å². The second-order valence-electron chi connectivity index (χ2n) is 3.91. The summed E-state index contributed by atoms with van der Waals surface area (Å²) in [5, 5.41) is 0. The molecule has 0 saturated carbocycles. The summed E-state index contributed by atoms with van der Waals surface area (Å²) < 4.78 is 14.1. The molecule has 1 unspecified atom stereocenters. The van der Waals surface area contributed by atoms with Crippen molar-refractivity contribution in [2.45, 2.75) is 12.5 Å². The van der Waals surface area contributed by atoms with Crippen molar-refractivity contribution in [1.82, 2.24) is 10.4 Å². The zero-order valence-corrected chi connectivity index (χ0v) is 11.2. The fraction of sp³-hybridized carbons (Fsp3) is 0.154. The molecule has 0 spiro atoms. The smallest absolute Gasteiger partial charge is 0.123 e. The van der Waals surface area contributed by atoms with Crippen LogP contribution >= 0.6 is 15.9 Å². The molecular weight excluding hydrogens is 297 g/mol. The molecule has 1 aromatic heterocycles. The van der Waals surface area contributed by atoms with Gasteiger partial charge in [-0.1, -0.05) is 22.0 Å². The fourth-order valence-corrected chi connectivity index (χ4v) is 2.29. The third-order valence-electron chi connectivity index (χ3n) is 2.67. The molecule has 3 nitrogen and oxygen atoms in total.